The standard InChI is InChI=1S/C16H17Cl2N3O/c17-13-7-6-12(15(18)9-13)8-16(21-11-19-10-20-21)22-14-4-2-1-3-5-14/h6-11,14H,1-5H2. The smallest absolute Gasteiger partial charge is 0.216 e. The van der Waals surface area contributed by atoms with Gasteiger partial charge in [-0.25, -0.2) is 4.98 Å². The molecule has 1 aromatic heterocycles. The Morgan fingerprint density at radius 3 is 2.73 bits per heavy atom. The van der Waals surface area contributed by atoms with E-state index >= 15 is 0 Å². The molecule has 1 aromatic carbocycles. The number of aromatic nitrogens is 3. The summed E-state index contributed by atoms with van der Waals surface area (Å²) in [6.45, 7) is 0. The molecule has 116 valence electrons. The van der Waals surface area contributed by atoms with Gasteiger partial charge in [0.2, 0.25) is 5.88 Å². The minimum absolute atomic E-state index is 0.218. The van der Waals surface area contributed by atoms with E-state index in [0.717, 1.165) is 18.4 Å². The Kier molecular flexibility index (Phi) is 5.01. The topological polar surface area (TPSA) is 39.9 Å². The molecular weight excluding hydrogens is 321 g/mol. The van der Waals surface area contributed by atoms with Crippen molar-refractivity contribution in [2.24, 2.45) is 0 Å². The fourth-order valence-electron chi connectivity index (χ4n) is 2.58. The Labute approximate surface area is 139 Å². The second kappa shape index (κ2) is 7.16. The van der Waals surface area contributed by atoms with Gasteiger partial charge in [0.25, 0.3) is 0 Å². The Morgan fingerprint density at radius 2 is 2.05 bits per heavy atom. The average Bonchev–Trinajstić information content (AvgIpc) is 3.04. The van der Waals surface area contributed by atoms with Crippen LogP contribution in [0.15, 0.2) is 30.9 Å². The number of nitrogens with zero attached hydrogens (tertiary/aromatic N) is 3. The van der Waals surface area contributed by atoms with Crippen molar-refractivity contribution in [3.8, 4) is 0 Å². The molecule has 1 saturated carbocycles. The highest BCUT2D eigenvalue weighted by Gasteiger charge is 2.17. The lowest BCUT2D eigenvalue weighted by Gasteiger charge is -2.24. The third kappa shape index (κ3) is 3.81. The van der Waals surface area contributed by atoms with Gasteiger partial charge in [-0.3, -0.25) is 0 Å². The second-order valence-electron chi connectivity index (χ2n) is 5.37. The van der Waals surface area contributed by atoms with Gasteiger partial charge in [-0.1, -0.05) is 35.7 Å². The molecule has 0 aliphatic heterocycles. The summed E-state index contributed by atoms with van der Waals surface area (Å²) in [6, 6.07) is 5.39. The van der Waals surface area contributed by atoms with Crippen molar-refractivity contribution in [2.45, 2.75) is 38.2 Å². The molecule has 0 atom stereocenters. The van der Waals surface area contributed by atoms with Crippen molar-refractivity contribution < 1.29 is 4.74 Å². The van der Waals surface area contributed by atoms with Gasteiger partial charge in [0.05, 0.1) is 0 Å². The molecule has 3 rings (SSSR count). The first-order valence-electron chi connectivity index (χ1n) is 7.41. The highest BCUT2D eigenvalue weighted by molar-refractivity contribution is 6.35. The molecule has 1 aliphatic rings. The Hall–Kier alpha value is -1.52. The van der Waals surface area contributed by atoms with Crippen molar-refractivity contribution in [3.63, 3.8) is 0 Å². The van der Waals surface area contributed by atoms with Crippen LogP contribution in [-0.4, -0.2) is 20.9 Å². The molecule has 0 amide bonds. The van der Waals surface area contributed by atoms with Gasteiger partial charge in [-0.2, -0.15) is 9.78 Å². The molecule has 0 unspecified atom stereocenters. The molecular formula is C16H17Cl2N3O. The largest absolute Gasteiger partial charge is 0.474 e. The summed E-state index contributed by atoms with van der Waals surface area (Å²) in [4.78, 5) is 3.99. The summed E-state index contributed by atoms with van der Waals surface area (Å²) in [5.74, 6) is 0.633. The number of benzene rings is 1. The maximum absolute atomic E-state index is 6.25. The first kappa shape index (κ1) is 15.4. The lowest BCUT2D eigenvalue weighted by atomic mass is 9.98. The van der Waals surface area contributed by atoms with Crippen molar-refractivity contribution in [3.05, 3.63) is 46.5 Å². The van der Waals surface area contributed by atoms with Crippen molar-refractivity contribution >= 4 is 35.2 Å². The first-order chi connectivity index (χ1) is 10.7. The zero-order valence-corrected chi connectivity index (χ0v) is 13.6. The fraction of sp³-hybridized carbons (Fsp3) is 0.375. The first-order valence-corrected chi connectivity index (χ1v) is 8.16. The lowest BCUT2D eigenvalue weighted by molar-refractivity contribution is 0.114. The van der Waals surface area contributed by atoms with Gasteiger partial charge < -0.3 is 4.74 Å². The van der Waals surface area contributed by atoms with Crippen LogP contribution >= 0.6 is 23.2 Å². The van der Waals surface area contributed by atoms with E-state index in [2.05, 4.69) is 10.1 Å². The lowest BCUT2D eigenvalue weighted by Crippen LogP contribution is -2.18. The molecule has 0 saturated heterocycles. The van der Waals surface area contributed by atoms with E-state index in [1.165, 1.54) is 25.6 Å². The minimum Gasteiger partial charge on any atom is -0.474 e. The second-order valence-corrected chi connectivity index (χ2v) is 6.21. The minimum atomic E-state index is 0.218. The summed E-state index contributed by atoms with van der Waals surface area (Å²) < 4.78 is 7.78. The fourth-order valence-corrected chi connectivity index (χ4v) is 3.04. The van der Waals surface area contributed by atoms with Gasteiger partial charge in [0.1, 0.15) is 18.8 Å². The molecule has 1 fully saturated rings. The van der Waals surface area contributed by atoms with Crippen LogP contribution in [-0.2, 0) is 4.74 Å². The molecule has 0 N–H and O–H groups in total. The van der Waals surface area contributed by atoms with E-state index in [1.807, 2.05) is 12.1 Å². The predicted octanol–water partition coefficient (Wildman–Crippen LogP) is 4.89. The molecule has 0 radical (unpaired) electrons. The maximum atomic E-state index is 6.25. The van der Waals surface area contributed by atoms with E-state index in [4.69, 9.17) is 27.9 Å². The zero-order chi connectivity index (χ0) is 15.4. The molecule has 0 spiro atoms. The highest BCUT2D eigenvalue weighted by atomic mass is 35.5. The van der Waals surface area contributed by atoms with E-state index in [-0.39, 0.29) is 6.10 Å². The van der Waals surface area contributed by atoms with Gasteiger partial charge in [-0.15, -0.1) is 0 Å². The normalized spacial score (nSPS) is 16.7. The third-order valence-corrected chi connectivity index (χ3v) is 4.29. The Bertz CT molecular complexity index is 649. The summed E-state index contributed by atoms with van der Waals surface area (Å²) in [5, 5.41) is 5.36. The van der Waals surface area contributed by atoms with Crippen molar-refractivity contribution in [2.75, 3.05) is 0 Å². The summed E-state index contributed by atoms with van der Waals surface area (Å²) in [5.41, 5.74) is 0.840. The van der Waals surface area contributed by atoms with Gasteiger partial charge >= 0.3 is 0 Å². The van der Waals surface area contributed by atoms with E-state index < -0.39 is 0 Å². The van der Waals surface area contributed by atoms with Crippen LogP contribution in [0.5, 0.6) is 0 Å². The zero-order valence-electron chi connectivity index (χ0n) is 12.1. The molecule has 0 bridgehead atoms. The van der Waals surface area contributed by atoms with Gasteiger partial charge in [-0.05, 0) is 43.4 Å². The van der Waals surface area contributed by atoms with Crippen molar-refractivity contribution in [1.29, 1.82) is 0 Å². The van der Waals surface area contributed by atoms with Crippen LogP contribution in [0.4, 0.5) is 0 Å². The Balaban J connectivity index is 1.88. The van der Waals surface area contributed by atoms with Crippen LogP contribution in [0.2, 0.25) is 10.0 Å². The van der Waals surface area contributed by atoms with Crippen LogP contribution in [0.25, 0.3) is 12.0 Å². The van der Waals surface area contributed by atoms with Gasteiger partial charge in [0, 0.05) is 16.1 Å². The molecule has 1 heterocycles. The van der Waals surface area contributed by atoms with Crippen LogP contribution in [0.3, 0.4) is 0 Å². The van der Waals surface area contributed by atoms with E-state index in [1.54, 1.807) is 23.1 Å². The van der Waals surface area contributed by atoms with Crippen LogP contribution in [0, 0.1) is 0 Å². The third-order valence-electron chi connectivity index (χ3n) is 3.73. The van der Waals surface area contributed by atoms with E-state index in [9.17, 15) is 0 Å². The quantitative estimate of drug-likeness (QED) is 0.745. The monoisotopic (exact) mass is 337 g/mol. The molecule has 22 heavy (non-hydrogen) atoms. The summed E-state index contributed by atoms with van der Waals surface area (Å²) in [6.07, 6.45) is 11.0. The number of hydrogen-bond donors (Lipinski definition) is 0. The van der Waals surface area contributed by atoms with Crippen LogP contribution < -0.4 is 0 Å². The highest BCUT2D eigenvalue weighted by Crippen LogP contribution is 2.27. The number of hydrogen-bond acceptors (Lipinski definition) is 3. The molecule has 4 nitrogen and oxygen atoms in total. The number of ether oxygens (including phenoxy) is 1. The SMILES string of the molecule is Clc1ccc(C=C(OC2CCCCC2)n2cncn2)c(Cl)c1. The molecule has 1 aliphatic carbocycles. The maximum Gasteiger partial charge on any atom is 0.216 e. The number of rotatable bonds is 4. The Morgan fingerprint density at radius 1 is 1.23 bits per heavy atom. The summed E-state index contributed by atoms with van der Waals surface area (Å²) in [7, 11) is 0. The number of halogens is 2. The van der Waals surface area contributed by atoms with Gasteiger partial charge in [0.15, 0.2) is 0 Å². The molecule has 2 aromatic rings. The van der Waals surface area contributed by atoms with Crippen LogP contribution in [0.1, 0.15) is 37.7 Å². The van der Waals surface area contributed by atoms with Crippen molar-refractivity contribution in [1.82, 2.24) is 14.8 Å². The molecule has 6 heteroatoms. The van der Waals surface area contributed by atoms with E-state index in [0.29, 0.717) is 15.9 Å². The summed E-state index contributed by atoms with van der Waals surface area (Å²) >= 11 is 12.2. The average molecular weight is 338 g/mol. The predicted molar refractivity (Wildman–Crippen MR) is 88.6 cm³/mol.